The van der Waals surface area contributed by atoms with Crippen LogP contribution in [0.15, 0.2) is 0 Å². The Hall–Kier alpha value is -0.0400. The molecule has 0 aromatic rings. The number of fused-ring (bicyclic) bond motifs is 1. The van der Waals surface area contributed by atoms with Crippen molar-refractivity contribution in [1.29, 1.82) is 0 Å². The lowest BCUT2D eigenvalue weighted by Gasteiger charge is -2.16. The van der Waals surface area contributed by atoms with Crippen LogP contribution in [-0.2, 0) is 4.79 Å². The van der Waals surface area contributed by atoms with Crippen molar-refractivity contribution in [3.05, 3.63) is 0 Å². The second-order valence-corrected chi connectivity index (χ2v) is 3.92. The average Bonchev–Trinajstić information content (AvgIpc) is 2.61. The van der Waals surface area contributed by atoms with E-state index in [4.69, 9.17) is 11.6 Å². The first-order chi connectivity index (χ1) is 4.76. The Labute approximate surface area is 65.7 Å². The van der Waals surface area contributed by atoms with Gasteiger partial charge in [0, 0.05) is 5.41 Å². The van der Waals surface area contributed by atoms with E-state index in [0.717, 1.165) is 12.8 Å². The van der Waals surface area contributed by atoms with Crippen molar-refractivity contribution < 1.29 is 4.79 Å². The summed E-state index contributed by atoms with van der Waals surface area (Å²) in [7, 11) is 0. The van der Waals surface area contributed by atoms with E-state index in [2.05, 4.69) is 0 Å². The highest BCUT2D eigenvalue weighted by molar-refractivity contribution is 6.65. The fraction of sp³-hybridized carbons (Fsp3) is 0.875. The molecule has 0 aromatic carbocycles. The minimum absolute atomic E-state index is 0.0280. The highest BCUT2D eigenvalue weighted by atomic mass is 35.5. The van der Waals surface area contributed by atoms with Crippen LogP contribution in [0.5, 0.6) is 0 Å². The summed E-state index contributed by atoms with van der Waals surface area (Å²) < 4.78 is 0. The van der Waals surface area contributed by atoms with Crippen molar-refractivity contribution in [2.45, 2.75) is 32.1 Å². The molecule has 2 fully saturated rings. The standard InChI is InChI=1S/C8H11ClO/c9-7(10)8-4-2-1-3-6(8)5-8/h6H,1-5H2/t6-,8+/m1/s1. The molecule has 10 heavy (non-hydrogen) atoms. The van der Waals surface area contributed by atoms with Gasteiger partial charge in [0.1, 0.15) is 0 Å². The quantitative estimate of drug-likeness (QED) is 0.536. The molecular formula is C8H11ClO. The van der Waals surface area contributed by atoms with E-state index >= 15 is 0 Å². The normalized spacial score (nSPS) is 44.3. The van der Waals surface area contributed by atoms with E-state index in [1.165, 1.54) is 19.3 Å². The van der Waals surface area contributed by atoms with E-state index in [-0.39, 0.29) is 10.7 Å². The van der Waals surface area contributed by atoms with Gasteiger partial charge < -0.3 is 0 Å². The van der Waals surface area contributed by atoms with Crippen LogP contribution in [0.3, 0.4) is 0 Å². The Kier molecular flexibility index (Phi) is 1.31. The highest BCUT2D eigenvalue weighted by Crippen LogP contribution is 2.62. The van der Waals surface area contributed by atoms with Crippen LogP contribution in [0, 0.1) is 11.3 Å². The van der Waals surface area contributed by atoms with Gasteiger partial charge in [-0.25, -0.2) is 0 Å². The summed E-state index contributed by atoms with van der Waals surface area (Å²) in [5.41, 5.74) is -0.0280. The zero-order valence-electron chi connectivity index (χ0n) is 5.90. The van der Waals surface area contributed by atoms with Crippen molar-refractivity contribution in [2.75, 3.05) is 0 Å². The van der Waals surface area contributed by atoms with Gasteiger partial charge in [-0.1, -0.05) is 12.8 Å². The monoisotopic (exact) mass is 158 g/mol. The molecule has 0 heterocycles. The van der Waals surface area contributed by atoms with E-state index < -0.39 is 0 Å². The van der Waals surface area contributed by atoms with Gasteiger partial charge in [-0.05, 0) is 36.8 Å². The third kappa shape index (κ3) is 0.731. The lowest BCUT2D eigenvalue weighted by Crippen LogP contribution is -2.15. The molecule has 1 nitrogen and oxygen atoms in total. The van der Waals surface area contributed by atoms with Crippen LogP contribution in [0.4, 0.5) is 0 Å². The predicted molar refractivity (Wildman–Crippen MR) is 39.9 cm³/mol. The number of carbonyl (C=O) groups excluding carboxylic acids is 1. The molecule has 2 rings (SSSR count). The molecule has 0 N–H and O–H groups in total. The molecule has 2 saturated carbocycles. The van der Waals surface area contributed by atoms with Gasteiger partial charge in [0.15, 0.2) is 0 Å². The Bertz CT molecular complexity index is 178. The molecule has 0 saturated heterocycles. The van der Waals surface area contributed by atoms with Crippen molar-refractivity contribution in [2.24, 2.45) is 11.3 Å². The van der Waals surface area contributed by atoms with E-state index in [0.29, 0.717) is 5.92 Å². The lowest BCUT2D eigenvalue weighted by atomic mass is 9.90. The molecule has 2 aliphatic carbocycles. The Morgan fingerprint density at radius 1 is 1.50 bits per heavy atom. The van der Waals surface area contributed by atoms with Gasteiger partial charge in [-0.15, -0.1) is 0 Å². The topological polar surface area (TPSA) is 17.1 Å². The summed E-state index contributed by atoms with van der Waals surface area (Å²) >= 11 is 5.50. The lowest BCUT2D eigenvalue weighted by molar-refractivity contribution is -0.117. The van der Waals surface area contributed by atoms with E-state index in [1.54, 1.807) is 0 Å². The molecule has 0 bridgehead atoms. The fourth-order valence-corrected chi connectivity index (χ4v) is 2.56. The molecule has 2 heteroatoms. The molecule has 0 aromatic heterocycles. The highest BCUT2D eigenvalue weighted by Gasteiger charge is 2.59. The van der Waals surface area contributed by atoms with E-state index in [1.807, 2.05) is 0 Å². The molecule has 56 valence electrons. The van der Waals surface area contributed by atoms with Crippen molar-refractivity contribution >= 4 is 16.8 Å². The van der Waals surface area contributed by atoms with Gasteiger partial charge >= 0.3 is 0 Å². The number of hydrogen-bond donors (Lipinski definition) is 0. The molecule has 2 atom stereocenters. The maximum Gasteiger partial charge on any atom is 0.228 e. The summed E-state index contributed by atoms with van der Waals surface area (Å²) in [6.45, 7) is 0. The third-order valence-corrected chi connectivity index (χ3v) is 3.43. The molecule has 0 radical (unpaired) electrons. The number of carbonyl (C=O) groups is 1. The first-order valence-electron chi connectivity index (χ1n) is 3.96. The van der Waals surface area contributed by atoms with Crippen LogP contribution in [0.1, 0.15) is 32.1 Å². The molecule has 0 spiro atoms. The van der Waals surface area contributed by atoms with E-state index in [9.17, 15) is 4.79 Å². The van der Waals surface area contributed by atoms with Crippen LogP contribution in [0.25, 0.3) is 0 Å². The predicted octanol–water partition coefficient (Wildman–Crippen LogP) is 2.33. The largest absolute Gasteiger partial charge is 0.281 e. The fourth-order valence-electron chi connectivity index (χ4n) is 2.24. The van der Waals surface area contributed by atoms with Crippen LogP contribution in [-0.4, -0.2) is 5.24 Å². The van der Waals surface area contributed by atoms with Crippen LogP contribution in [0.2, 0.25) is 0 Å². The Morgan fingerprint density at radius 3 is 2.80 bits per heavy atom. The van der Waals surface area contributed by atoms with Crippen molar-refractivity contribution in [1.82, 2.24) is 0 Å². The second kappa shape index (κ2) is 1.97. The third-order valence-electron chi connectivity index (χ3n) is 3.05. The van der Waals surface area contributed by atoms with Gasteiger partial charge in [-0.3, -0.25) is 4.79 Å². The van der Waals surface area contributed by atoms with Crippen LogP contribution < -0.4 is 0 Å². The zero-order valence-corrected chi connectivity index (χ0v) is 6.66. The van der Waals surface area contributed by atoms with Crippen molar-refractivity contribution in [3.63, 3.8) is 0 Å². The summed E-state index contributed by atoms with van der Waals surface area (Å²) in [6.07, 6.45) is 5.87. The average molecular weight is 159 g/mol. The molecule has 0 unspecified atom stereocenters. The van der Waals surface area contributed by atoms with Gasteiger partial charge in [0.05, 0.1) is 0 Å². The molecular weight excluding hydrogens is 148 g/mol. The number of hydrogen-bond acceptors (Lipinski definition) is 1. The summed E-state index contributed by atoms with van der Waals surface area (Å²) in [4.78, 5) is 10.9. The molecule has 2 aliphatic rings. The van der Waals surface area contributed by atoms with Gasteiger partial charge in [0.2, 0.25) is 5.24 Å². The maximum absolute atomic E-state index is 10.9. The minimum atomic E-state index is -0.0720. The zero-order chi connectivity index (χ0) is 7.19. The smallest absolute Gasteiger partial charge is 0.228 e. The molecule has 0 amide bonds. The maximum atomic E-state index is 10.9. The summed E-state index contributed by atoms with van der Waals surface area (Å²) in [5, 5.41) is -0.0720. The second-order valence-electron chi connectivity index (χ2n) is 3.58. The Morgan fingerprint density at radius 2 is 2.30 bits per heavy atom. The number of rotatable bonds is 1. The van der Waals surface area contributed by atoms with Gasteiger partial charge in [-0.2, -0.15) is 0 Å². The first-order valence-corrected chi connectivity index (χ1v) is 4.33. The van der Waals surface area contributed by atoms with Crippen LogP contribution >= 0.6 is 11.6 Å². The first kappa shape index (κ1) is 6.66. The van der Waals surface area contributed by atoms with Gasteiger partial charge in [0.25, 0.3) is 0 Å². The number of halogens is 1. The SMILES string of the molecule is O=C(Cl)[C@]12CCCC[C@@H]1C2. The summed E-state index contributed by atoms with van der Waals surface area (Å²) in [6, 6.07) is 0. The minimum Gasteiger partial charge on any atom is -0.281 e. The van der Waals surface area contributed by atoms with Crippen molar-refractivity contribution in [3.8, 4) is 0 Å². The molecule has 0 aliphatic heterocycles. The summed E-state index contributed by atoms with van der Waals surface area (Å²) in [5.74, 6) is 0.659. The Balaban J connectivity index is 2.12.